The van der Waals surface area contributed by atoms with E-state index in [-0.39, 0.29) is 36.8 Å². The molecule has 1 aromatic heterocycles. The lowest BCUT2D eigenvalue weighted by Gasteiger charge is -2.30. The van der Waals surface area contributed by atoms with Crippen LogP contribution in [0.25, 0.3) is 0 Å². The highest BCUT2D eigenvalue weighted by Gasteiger charge is 2.50. The summed E-state index contributed by atoms with van der Waals surface area (Å²) in [5, 5.41) is 30.6. The maximum absolute atomic E-state index is 12.7. The molecular formula is C29H53N8O16P3. The second kappa shape index (κ2) is 20.1. The first kappa shape index (κ1) is 49.2. The first-order valence-corrected chi connectivity index (χ1v) is 21.6. The minimum Gasteiger partial charge on any atom is -0.390 e. The number of carbonyl (C=O) groups is 2. The van der Waals surface area contributed by atoms with Gasteiger partial charge in [0.25, 0.3) is 0 Å². The highest BCUT2D eigenvalue weighted by molar-refractivity contribution is 7.61. The van der Waals surface area contributed by atoms with E-state index in [1.165, 1.54) is 25.8 Å². The van der Waals surface area contributed by atoms with Gasteiger partial charge < -0.3 is 60.6 Å². The fourth-order valence-corrected chi connectivity index (χ4v) is 8.09. The molecule has 0 aliphatic carbocycles. The average molecular weight is 863 g/mol. The molecule has 1 aliphatic heterocycles. The van der Waals surface area contributed by atoms with Crippen molar-refractivity contribution in [2.45, 2.75) is 84.5 Å². The summed E-state index contributed by atoms with van der Waals surface area (Å²) in [4.78, 5) is 82.5. The number of likely N-dealkylation sites (N-methyl/N-ethyl adjacent to an activating group) is 1. The van der Waals surface area contributed by atoms with E-state index in [2.05, 4.69) is 41.8 Å². The molecule has 0 saturated carbocycles. The van der Waals surface area contributed by atoms with Crippen molar-refractivity contribution in [3.8, 4) is 0 Å². The number of hydrogen-bond donors (Lipinski definition) is 9. The van der Waals surface area contributed by atoms with E-state index < -0.39 is 95.9 Å². The highest BCUT2D eigenvalue weighted by Crippen LogP contribution is 2.61. The van der Waals surface area contributed by atoms with Gasteiger partial charge in [-0.05, 0) is 34.4 Å². The average Bonchev–Trinajstić information content (AvgIpc) is 3.37. The van der Waals surface area contributed by atoms with Gasteiger partial charge in [0.1, 0.15) is 29.8 Å². The van der Waals surface area contributed by atoms with Crippen molar-refractivity contribution in [2.75, 3.05) is 50.1 Å². The van der Waals surface area contributed by atoms with Gasteiger partial charge in [0.05, 0.1) is 31.2 Å². The molecule has 0 aromatic carbocycles. The summed E-state index contributed by atoms with van der Waals surface area (Å²) in [6.07, 6.45) is -6.05. The number of aliphatic hydroxyl groups excluding tert-OH is 2. The second-order valence-corrected chi connectivity index (χ2v) is 19.2. The molecule has 10 N–H and O–H groups in total. The maximum Gasteiger partial charge on any atom is 0.481 e. The van der Waals surface area contributed by atoms with Crippen LogP contribution in [0.5, 0.6) is 0 Å². The first-order chi connectivity index (χ1) is 25.6. The van der Waals surface area contributed by atoms with Crippen molar-refractivity contribution >= 4 is 64.8 Å². The monoisotopic (exact) mass is 862 g/mol. The van der Waals surface area contributed by atoms with Crippen LogP contribution in [-0.2, 0) is 46.2 Å². The molecular weight excluding hydrogens is 809 g/mol. The molecule has 1 saturated heterocycles. The molecule has 0 bridgehead atoms. The van der Waals surface area contributed by atoms with Gasteiger partial charge in [-0.3, -0.25) is 28.2 Å². The largest absolute Gasteiger partial charge is 0.481 e. The Hall–Kier alpha value is -2.95. The number of carbonyl (C=O) groups excluding carboxylic acids is 2. The predicted octanol–water partition coefficient (Wildman–Crippen LogP) is 0.548. The number of hydrogen-bond acceptors (Lipinski definition) is 18. The quantitative estimate of drug-likeness (QED) is 0.0436. The number of nitrogens with two attached hydrogens (primary N) is 1. The number of nitrogen functional groups attached to an aromatic ring is 1. The van der Waals surface area contributed by atoms with Gasteiger partial charge in [-0.15, -0.1) is 0 Å². The van der Waals surface area contributed by atoms with Gasteiger partial charge in [-0.2, -0.15) is 4.31 Å². The molecule has 1 fully saturated rings. The third-order valence-electron chi connectivity index (χ3n) is 7.81. The van der Waals surface area contributed by atoms with Crippen molar-refractivity contribution in [2.24, 2.45) is 21.5 Å². The number of nitrogens with zero attached hydrogens (tertiary/aromatic N) is 5. The smallest absolute Gasteiger partial charge is 0.390 e. The summed E-state index contributed by atoms with van der Waals surface area (Å²) in [5.41, 5.74) is 4.41. The number of aromatic nitrogens is 2. The van der Waals surface area contributed by atoms with Gasteiger partial charge in [0.15, 0.2) is 17.9 Å². The summed E-state index contributed by atoms with van der Waals surface area (Å²) in [5.74, 6) is -2.85. The number of oxime groups is 1. The first-order valence-electron chi connectivity index (χ1n) is 16.9. The fraction of sp³-hybridized carbons (Fsp3) is 0.724. The third-order valence-corrected chi connectivity index (χ3v) is 11.3. The maximum atomic E-state index is 12.7. The number of aliphatic hydroxyl groups is 2. The normalized spacial score (nSPS) is 22.1. The van der Waals surface area contributed by atoms with Crippen molar-refractivity contribution in [3.63, 3.8) is 0 Å². The zero-order valence-corrected chi connectivity index (χ0v) is 34.7. The Labute approximate surface area is 323 Å². The van der Waals surface area contributed by atoms with E-state index in [4.69, 9.17) is 24.4 Å². The van der Waals surface area contributed by atoms with Crippen LogP contribution in [0.1, 0.15) is 54.4 Å². The van der Waals surface area contributed by atoms with E-state index in [1.54, 1.807) is 6.92 Å². The number of anilines is 2. The SMILES string of the molecule is C=Nc1c(N)ncnc1N(C)C1OC(COP(=O)(O)OP(=O)(O)OCC(C)(C)[C@H](O)C(=O)NCCC(=O)NCC/C(C)=N/OC(C)(C)C)C(CP(=O)(O)O)C1O. The number of amides is 2. The zero-order valence-electron chi connectivity index (χ0n) is 32.0. The molecule has 0 spiro atoms. The van der Waals surface area contributed by atoms with Crippen LogP contribution in [0.4, 0.5) is 17.3 Å². The van der Waals surface area contributed by atoms with Crippen molar-refractivity contribution < 1.29 is 76.0 Å². The summed E-state index contributed by atoms with van der Waals surface area (Å²) in [6, 6.07) is 0. The fourth-order valence-electron chi connectivity index (χ4n) is 4.84. The molecule has 6 unspecified atom stereocenters. The Bertz CT molecular complexity index is 1710. The van der Waals surface area contributed by atoms with Crippen LogP contribution >= 0.6 is 23.2 Å². The number of ether oxygens (including phenoxy) is 1. The van der Waals surface area contributed by atoms with E-state index in [9.17, 15) is 53.1 Å². The predicted molar refractivity (Wildman–Crippen MR) is 201 cm³/mol. The Morgan fingerprint density at radius 3 is 2.25 bits per heavy atom. The summed E-state index contributed by atoms with van der Waals surface area (Å²) < 4.78 is 57.0. The minimum absolute atomic E-state index is 0.00350. The van der Waals surface area contributed by atoms with E-state index >= 15 is 0 Å². The van der Waals surface area contributed by atoms with Gasteiger partial charge in [0, 0.05) is 44.3 Å². The van der Waals surface area contributed by atoms with Gasteiger partial charge in [-0.25, -0.2) is 19.1 Å². The van der Waals surface area contributed by atoms with Gasteiger partial charge in [0.2, 0.25) is 11.8 Å². The van der Waals surface area contributed by atoms with Crippen LogP contribution in [-0.4, -0.2) is 134 Å². The molecule has 1 aliphatic rings. The molecule has 1 aromatic rings. The minimum atomic E-state index is -5.52. The number of rotatable bonds is 22. The molecule has 320 valence electrons. The molecule has 24 nitrogen and oxygen atoms in total. The van der Waals surface area contributed by atoms with E-state index in [1.807, 2.05) is 20.8 Å². The third kappa shape index (κ3) is 16.1. The number of nitrogens with one attached hydrogen (secondary N) is 2. The molecule has 56 heavy (non-hydrogen) atoms. The molecule has 2 amide bonds. The lowest BCUT2D eigenvalue weighted by Crippen LogP contribution is -2.46. The Balaban J connectivity index is 1.95. The topological polar surface area (TPSA) is 357 Å². The molecule has 0 radical (unpaired) electrons. The van der Waals surface area contributed by atoms with Crippen LogP contribution in [0, 0.1) is 11.3 Å². The summed E-state index contributed by atoms with van der Waals surface area (Å²) >= 11 is 0. The van der Waals surface area contributed by atoms with Crippen molar-refractivity contribution in [3.05, 3.63) is 6.33 Å². The highest BCUT2D eigenvalue weighted by atomic mass is 31.3. The van der Waals surface area contributed by atoms with Gasteiger partial charge >= 0.3 is 23.2 Å². The summed E-state index contributed by atoms with van der Waals surface area (Å²) in [6.45, 7) is 11.4. The Morgan fingerprint density at radius 2 is 1.66 bits per heavy atom. The summed E-state index contributed by atoms with van der Waals surface area (Å²) in [7, 11) is -14.4. The molecule has 2 rings (SSSR count). The number of phosphoric ester groups is 2. The molecule has 7 atom stereocenters. The van der Waals surface area contributed by atoms with Crippen LogP contribution in [0.2, 0.25) is 0 Å². The van der Waals surface area contributed by atoms with Crippen LogP contribution in [0.3, 0.4) is 0 Å². The Kier molecular flexibility index (Phi) is 17.7. The number of phosphoric acid groups is 2. The van der Waals surface area contributed by atoms with Crippen molar-refractivity contribution in [1.29, 1.82) is 0 Å². The van der Waals surface area contributed by atoms with Crippen LogP contribution < -0.4 is 21.3 Å². The lowest BCUT2D eigenvalue weighted by molar-refractivity contribution is -0.137. The van der Waals surface area contributed by atoms with Gasteiger partial charge in [-0.1, -0.05) is 19.0 Å². The number of aliphatic imine (C=N–C) groups is 1. The van der Waals surface area contributed by atoms with E-state index in [0.29, 0.717) is 12.1 Å². The Morgan fingerprint density at radius 1 is 1.05 bits per heavy atom. The van der Waals surface area contributed by atoms with Crippen molar-refractivity contribution in [1.82, 2.24) is 20.6 Å². The van der Waals surface area contributed by atoms with E-state index in [0.717, 1.165) is 6.33 Å². The standard InChI is InChI=1S/C29H53N8O16P3/c1-17(36-52-28(2,3)4)9-11-32-20(38)10-12-33-26(41)23(40)29(5,6)15-50-56(47,48)53-55(45,46)49-13-19-18(14-54(42,43)44)22(39)27(51-19)37(8)25-21(31-7)24(30)34-16-35-25/h16,18-19,22-23,27,39-40H,7,9-15H2,1-6,8H3,(H,32,38)(H,33,41)(H,45,46)(H,47,48)(H2,30,34,35)(H2,42,43,44)/b36-17+/t18?,19?,22?,23-,27?/m1/s1. The molecule has 27 heteroatoms. The zero-order chi connectivity index (χ0) is 42.9. The molecule has 2 heterocycles. The van der Waals surface area contributed by atoms with Crippen LogP contribution in [0.15, 0.2) is 16.5 Å². The second-order valence-electron chi connectivity index (χ2n) is 14.4. The lowest BCUT2D eigenvalue weighted by atomic mass is 9.87.